The van der Waals surface area contributed by atoms with Gasteiger partial charge in [0.25, 0.3) is 5.91 Å². The molecule has 0 aromatic carbocycles. The minimum absolute atomic E-state index is 0.123. The number of carbonyl (C=O) groups excluding carboxylic acids is 1. The molecule has 2 aliphatic rings. The fourth-order valence-corrected chi connectivity index (χ4v) is 4.55. The summed E-state index contributed by atoms with van der Waals surface area (Å²) >= 11 is 0. The van der Waals surface area contributed by atoms with Crippen molar-refractivity contribution in [2.75, 3.05) is 20.1 Å². The molecule has 7 heteroatoms. The fourth-order valence-electron chi connectivity index (χ4n) is 4.55. The van der Waals surface area contributed by atoms with Crippen LogP contribution in [0.15, 0.2) is 10.6 Å². The van der Waals surface area contributed by atoms with Gasteiger partial charge in [0.2, 0.25) is 0 Å². The van der Waals surface area contributed by atoms with E-state index in [4.69, 9.17) is 9.62 Å². The lowest BCUT2D eigenvalue weighted by Gasteiger charge is -2.31. The van der Waals surface area contributed by atoms with E-state index in [1.165, 1.54) is 11.3 Å². The first-order valence-corrected chi connectivity index (χ1v) is 10.6. The highest BCUT2D eigenvalue weighted by atomic mass is 16.5. The number of aromatic nitrogens is 3. The molecule has 1 aliphatic carbocycles. The van der Waals surface area contributed by atoms with E-state index in [0.717, 1.165) is 76.2 Å². The summed E-state index contributed by atoms with van der Waals surface area (Å²) in [6, 6.07) is 2.37. The maximum atomic E-state index is 13.1. The van der Waals surface area contributed by atoms with Crippen molar-refractivity contribution in [2.45, 2.75) is 71.5 Å². The van der Waals surface area contributed by atoms with E-state index < -0.39 is 0 Å². The lowest BCUT2D eigenvalue weighted by molar-refractivity contribution is 0.0784. The summed E-state index contributed by atoms with van der Waals surface area (Å²) in [5.74, 6) is 1.01. The van der Waals surface area contributed by atoms with Crippen LogP contribution in [0.5, 0.6) is 0 Å². The molecular weight excluding hydrogens is 354 g/mol. The number of rotatable bonds is 6. The zero-order valence-corrected chi connectivity index (χ0v) is 17.3. The zero-order chi connectivity index (χ0) is 19.7. The number of aryl methyl sites for hydroxylation is 2. The van der Waals surface area contributed by atoms with Gasteiger partial charge in [-0.15, -0.1) is 0 Å². The van der Waals surface area contributed by atoms with Crippen LogP contribution in [0, 0.1) is 6.92 Å². The van der Waals surface area contributed by atoms with E-state index in [1.807, 2.05) is 17.9 Å². The Hall–Kier alpha value is -2.15. The molecule has 0 spiro atoms. The van der Waals surface area contributed by atoms with Gasteiger partial charge in [-0.2, -0.15) is 5.10 Å². The van der Waals surface area contributed by atoms with Gasteiger partial charge in [0.1, 0.15) is 0 Å². The first-order valence-electron chi connectivity index (χ1n) is 10.6. The normalized spacial score (nSPS) is 19.4. The molecule has 2 aromatic heterocycles. The van der Waals surface area contributed by atoms with Crippen LogP contribution in [0.3, 0.4) is 0 Å². The Labute approximate surface area is 166 Å². The van der Waals surface area contributed by atoms with E-state index in [1.54, 1.807) is 0 Å². The number of likely N-dealkylation sites (N-methyl/N-ethyl adjacent to an activating group) is 1. The summed E-state index contributed by atoms with van der Waals surface area (Å²) in [5.41, 5.74) is 4.04. The first kappa shape index (κ1) is 19.2. The number of fused-ring (bicyclic) bond motifs is 1. The Kier molecular flexibility index (Phi) is 5.53. The number of hydrogen-bond acceptors (Lipinski definition) is 5. The van der Waals surface area contributed by atoms with E-state index in [-0.39, 0.29) is 5.91 Å². The predicted molar refractivity (Wildman–Crippen MR) is 106 cm³/mol. The minimum atomic E-state index is 0.123. The molecule has 1 atom stereocenters. The maximum Gasteiger partial charge on any atom is 0.274 e. The molecule has 1 amide bonds. The van der Waals surface area contributed by atoms with Crippen LogP contribution < -0.4 is 0 Å². The van der Waals surface area contributed by atoms with E-state index >= 15 is 0 Å². The Bertz CT molecular complexity index is 834. The second-order valence-electron chi connectivity index (χ2n) is 8.24. The van der Waals surface area contributed by atoms with E-state index in [2.05, 4.69) is 28.7 Å². The Morgan fingerprint density at radius 1 is 1.36 bits per heavy atom. The average Bonchev–Trinajstić information content (AvgIpc) is 3.42. The molecule has 1 aliphatic heterocycles. The van der Waals surface area contributed by atoms with Crippen molar-refractivity contribution in [2.24, 2.45) is 0 Å². The standard InChI is InChI=1S/C21H31N5O2/c1-4-9-26-19-8-7-16(24(3)14-17-12-15(2)23-28-17)13-18(19)20(22-26)21(27)25-10-5-6-11-25/h12,16H,4-11,13-14H2,1-3H3. The van der Waals surface area contributed by atoms with Crippen molar-refractivity contribution in [3.8, 4) is 0 Å². The molecule has 7 nitrogen and oxygen atoms in total. The summed E-state index contributed by atoms with van der Waals surface area (Å²) in [7, 11) is 2.13. The number of amides is 1. The van der Waals surface area contributed by atoms with Crippen molar-refractivity contribution >= 4 is 5.91 Å². The average molecular weight is 386 g/mol. The molecule has 152 valence electrons. The van der Waals surface area contributed by atoms with Gasteiger partial charge in [0.15, 0.2) is 11.5 Å². The van der Waals surface area contributed by atoms with Gasteiger partial charge in [-0.3, -0.25) is 14.4 Å². The van der Waals surface area contributed by atoms with Gasteiger partial charge in [0.05, 0.1) is 12.2 Å². The summed E-state index contributed by atoms with van der Waals surface area (Å²) < 4.78 is 7.48. The van der Waals surface area contributed by atoms with Crippen LogP contribution in [-0.2, 0) is 25.9 Å². The van der Waals surface area contributed by atoms with Crippen LogP contribution >= 0.6 is 0 Å². The Morgan fingerprint density at radius 2 is 2.14 bits per heavy atom. The third-order valence-electron chi connectivity index (χ3n) is 6.06. The van der Waals surface area contributed by atoms with Gasteiger partial charge >= 0.3 is 0 Å². The monoisotopic (exact) mass is 385 g/mol. The van der Waals surface area contributed by atoms with Gasteiger partial charge in [-0.1, -0.05) is 12.1 Å². The van der Waals surface area contributed by atoms with Crippen LogP contribution in [0.25, 0.3) is 0 Å². The summed E-state index contributed by atoms with van der Waals surface area (Å²) in [6.07, 6.45) is 6.15. The third kappa shape index (κ3) is 3.72. The van der Waals surface area contributed by atoms with E-state index in [9.17, 15) is 4.79 Å². The maximum absolute atomic E-state index is 13.1. The van der Waals surface area contributed by atoms with Gasteiger partial charge < -0.3 is 9.42 Å². The van der Waals surface area contributed by atoms with Crippen molar-refractivity contribution in [3.05, 3.63) is 34.5 Å². The highest BCUT2D eigenvalue weighted by Crippen LogP contribution is 2.29. The molecule has 3 heterocycles. The topological polar surface area (TPSA) is 67.4 Å². The number of hydrogen-bond donors (Lipinski definition) is 0. The van der Waals surface area contributed by atoms with Crippen molar-refractivity contribution in [3.63, 3.8) is 0 Å². The quantitative estimate of drug-likeness (QED) is 0.765. The molecule has 1 unspecified atom stereocenters. The minimum Gasteiger partial charge on any atom is -0.360 e. The van der Waals surface area contributed by atoms with Gasteiger partial charge in [-0.05, 0) is 52.5 Å². The summed E-state index contributed by atoms with van der Waals surface area (Å²) in [5, 5.41) is 8.78. The Morgan fingerprint density at radius 3 is 2.82 bits per heavy atom. The highest BCUT2D eigenvalue weighted by Gasteiger charge is 2.33. The molecule has 0 radical (unpaired) electrons. The van der Waals surface area contributed by atoms with Crippen LogP contribution in [0.1, 0.15) is 65.8 Å². The second-order valence-corrected chi connectivity index (χ2v) is 8.24. The lowest BCUT2D eigenvalue weighted by atomic mass is 9.90. The smallest absolute Gasteiger partial charge is 0.274 e. The van der Waals surface area contributed by atoms with Gasteiger partial charge in [0, 0.05) is 43.0 Å². The molecule has 4 rings (SSSR count). The predicted octanol–water partition coefficient (Wildman–Crippen LogP) is 2.81. The molecule has 0 N–H and O–H groups in total. The molecule has 1 fully saturated rings. The van der Waals surface area contributed by atoms with Crippen molar-refractivity contribution in [1.82, 2.24) is 24.7 Å². The van der Waals surface area contributed by atoms with Gasteiger partial charge in [-0.25, -0.2) is 0 Å². The molecule has 1 saturated heterocycles. The highest BCUT2D eigenvalue weighted by molar-refractivity contribution is 5.94. The molecular formula is C21H31N5O2. The number of carbonyl (C=O) groups is 1. The fraction of sp³-hybridized carbons (Fsp3) is 0.667. The van der Waals surface area contributed by atoms with Crippen LogP contribution in [0.4, 0.5) is 0 Å². The molecule has 0 saturated carbocycles. The largest absolute Gasteiger partial charge is 0.360 e. The number of likely N-dealkylation sites (tertiary alicyclic amines) is 1. The van der Waals surface area contributed by atoms with Crippen molar-refractivity contribution in [1.29, 1.82) is 0 Å². The molecule has 2 aromatic rings. The molecule has 28 heavy (non-hydrogen) atoms. The SMILES string of the molecule is CCCn1nc(C(=O)N2CCCC2)c2c1CCC(N(C)Cc1cc(C)no1)C2. The summed E-state index contributed by atoms with van der Waals surface area (Å²) in [4.78, 5) is 17.4. The third-order valence-corrected chi connectivity index (χ3v) is 6.06. The van der Waals surface area contributed by atoms with Crippen LogP contribution in [-0.4, -0.2) is 56.8 Å². The lowest BCUT2D eigenvalue weighted by Crippen LogP contribution is -2.37. The zero-order valence-electron chi connectivity index (χ0n) is 17.3. The Balaban J connectivity index is 1.56. The van der Waals surface area contributed by atoms with Crippen LogP contribution in [0.2, 0.25) is 0 Å². The first-order chi connectivity index (χ1) is 13.6. The van der Waals surface area contributed by atoms with Crippen molar-refractivity contribution < 1.29 is 9.32 Å². The molecule has 0 bridgehead atoms. The van der Waals surface area contributed by atoms with E-state index in [0.29, 0.717) is 11.7 Å². The summed E-state index contributed by atoms with van der Waals surface area (Å²) in [6.45, 7) is 7.45. The second kappa shape index (κ2) is 8.07. The number of nitrogens with zero attached hydrogens (tertiary/aromatic N) is 5.